The van der Waals surface area contributed by atoms with Crippen molar-refractivity contribution in [1.82, 2.24) is 15.5 Å². The summed E-state index contributed by atoms with van der Waals surface area (Å²) < 4.78 is 5.40. The highest BCUT2D eigenvalue weighted by atomic mass is 32.2. The fourth-order valence-electron chi connectivity index (χ4n) is 2.80. The van der Waals surface area contributed by atoms with E-state index >= 15 is 0 Å². The zero-order valence-corrected chi connectivity index (χ0v) is 11.5. The van der Waals surface area contributed by atoms with Crippen molar-refractivity contribution in [2.75, 3.05) is 13.1 Å². The van der Waals surface area contributed by atoms with Crippen LogP contribution < -0.4 is 5.32 Å². The first-order chi connectivity index (χ1) is 8.92. The molecule has 0 bridgehead atoms. The second kappa shape index (κ2) is 6.06. The van der Waals surface area contributed by atoms with Gasteiger partial charge in [0.25, 0.3) is 0 Å². The molecule has 1 aromatic heterocycles. The van der Waals surface area contributed by atoms with E-state index in [1.165, 1.54) is 38.5 Å². The minimum absolute atomic E-state index is 0.427. The normalized spacial score (nSPS) is 25.7. The predicted molar refractivity (Wildman–Crippen MR) is 72.7 cm³/mol. The number of hydrogen-bond donors (Lipinski definition) is 1. The molecule has 2 fully saturated rings. The molecule has 2 heterocycles. The van der Waals surface area contributed by atoms with E-state index in [2.05, 4.69) is 15.5 Å². The Morgan fingerprint density at radius 1 is 1.22 bits per heavy atom. The van der Waals surface area contributed by atoms with Gasteiger partial charge < -0.3 is 9.84 Å². The lowest BCUT2D eigenvalue weighted by molar-refractivity contribution is 0.320. The number of aromatic nitrogens is 2. The molecular formula is C13H21N3OS. The van der Waals surface area contributed by atoms with E-state index in [-0.39, 0.29) is 0 Å². The summed E-state index contributed by atoms with van der Waals surface area (Å²) in [6, 6.07) is 0. The van der Waals surface area contributed by atoms with Crippen LogP contribution in [0, 0.1) is 0 Å². The van der Waals surface area contributed by atoms with Gasteiger partial charge in [-0.05, 0) is 32.2 Å². The third-order valence-corrected chi connectivity index (χ3v) is 5.25. The van der Waals surface area contributed by atoms with E-state index in [1.807, 2.05) is 11.8 Å². The van der Waals surface area contributed by atoms with Crippen molar-refractivity contribution < 1.29 is 4.52 Å². The molecule has 1 saturated heterocycles. The van der Waals surface area contributed by atoms with E-state index < -0.39 is 0 Å². The quantitative estimate of drug-likeness (QED) is 0.909. The Morgan fingerprint density at radius 3 is 2.89 bits per heavy atom. The summed E-state index contributed by atoms with van der Waals surface area (Å²) in [6.45, 7) is 2.10. The van der Waals surface area contributed by atoms with Crippen molar-refractivity contribution in [2.24, 2.45) is 0 Å². The molecule has 4 nitrogen and oxygen atoms in total. The summed E-state index contributed by atoms with van der Waals surface area (Å²) >= 11 is 2.00. The number of hydrogen-bond acceptors (Lipinski definition) is 5. The first kappa shape index (κ1) is 12.5. The molecule has 100 valence electrons. The number of piperidine rings is 1. The van der Waals surface area contributed by atoms with Crippen molar-refractivity contribution in [3.63, 3.8) is 0 Å². The zero-order valence-electron chi connectivity index (χ0n) is 10.7. The third kappa shape index (κ3) is 3.06. The highest BCUT2D eigenvalue weighted by Crippen LogP contribution is 2.31. The summed E-state index contributed by atoms with van der Waals surface area (Å²) in [7, 11) is 0. The molecule has 18 heavy (non-hydrogen) atoms. The fraction of sp³-hybridized carbons (Fsp3) is 0.846. The van der Waals surface area contributed by atoms with Crippen molar-refractivity contribution in [3.05, 3.63) is 11.7 Å². The molecule has 1 aromatic rings. The first-order valence-electron chi connectivity index (χ1n) is 7.06. The molecular weight excluding hydrogens is 246 g/mol. The number of rotatable bonds is 4. The maximum atomic E-state index is 5.40. The van der Waals surface area contributed by atoms with E-state index in [0.29, 0.717) is 5.92 Å². The average molecular weight is 267 g/mol. The van der Waals surface area contributed by atoms with Crippen molar-refractivity contribution >= 4 is 11.8 Å². The van der Waals surface area contributed by atoms with Crippen molar-refractivity contribution in [1.29, 1.82) is 0 Å². The molecule has 1 aliphatic carbocycles. The van der Waals surface area contributed by atoms with Gasteiger partial charge in [0, 0.05) is 11.8 Å². The maximum absolute atomic E-state index is 5.40. The molecule has 2 aliphatic rings. The van der Waals surface area contributed by atoms with Gasteiger partial charge in [0.05, 0.1) is 11.7 Å². The fourth-order valence-corrected chi connectivity index (χ4v) is 3.97. The van der Waals surface area contributed by atoms with Gasteiger partial charge in [-0.25, -0.2) is 0 Å². The Bertz CT molecular complexity index is 370. The molecule has 1 saturated carbocycles. The minimum Gasteiger partial charge on any atom is -0.339 e. The molecule has 3 rings (SSSR count). The van der Waals surface area contributed by atoms with Crippen LogP contribution in [0.4, 0.5) is 0 Å². The Balaban J connectivity index is 1.52. The monoisotopic (exact) mass is 267 g/mol. The van der Waals surface area contributed by atoms with E-state index in [1.54, 1.807) is 0 Å². The summed E-state index contributed by atoms with van der Waals surface area (Å²) in [5.41, 5.74) is 0. The van der Waals surface area contributed by atoms with Crippen LogP contribution in [0.25, 0.3) is 0 Å². The lowest BCUT2D eigenvalue weighted by atomic mass is 10.00. The standard InChI is InChI=1S/C13H21N3OS/c1-2-6-11(5-1)18-9-12-15-13(17-16-12)10-4-3-7-14-8-10/h10-11,14H,1-9H2/t10-/m0/s1. The summed E-state index contributed by atoms with van der Waals surface area (Å²) in [4.78, 5) is 4.56. The van der Waals surface area contributed by atoms with Crippen molar-refractivity contribution in [3.8, 4) is 0 Å². The molecule has 1 atom stereocenters. The molecule has 0 aromatic carbocycles. The molecule has 0 amide bonds. The van der Waals surface area contributed by atoms with Gasteiger partial charge in [-0.15, -0.1) is 0 Å². The van der Waals surface area contributed by atoms with Crippen LogP contribution in [-0.2, 0) is 5.75 Å². The van der Waals surface area contributed by atoms with Crippen LogP contribution in [0.5, 0.6) is 0 Å². The van der Waals surface area contributed by atoms with Crippen molar-refractivity contribution in [2.45, 2.75) is 55.4 Å². The van der Waals surface area contributed by atoms with Crippen LogP contribution in [0.2, 0.25) is 0 Å². The Kier molecular flexibility index (Phi) is 4.20. The highest BCUT2D eigenvalue weighted by molar-refractivity contribution is 7.99. The predicted octanol–water partition coefficient (Wildman–Crippen LogP) is 2.71. The second-order valence-electron chi connectivity index (χ2n) is 5.31. The van der Waals surface area contributed by atoms with Gasteiger partial charge in [0.15, 0.2) is 5.82 Å². The maximum Gasteiger partial charge on any atom is 0.231 e. The van der Waals surface area contributed by atoms with E-state index in [9.17, 15) is 0 Å². The lowest BCUT2D eigenvalue weighted by Gasteiger charge is -2.18. The smallest absolute Gasteiger partial charge is 0.231 e. The van der Waals surface area contributed by atoms with E-state index in [0.717, 1.165) is 35.8 Å². The van der Waals surface area contributed by atoms with Gasteiger partial charge in [0.1, 0.15) is 0 Å². The summed E-state index contributed by atoms with van der Waals surface area (Å²) in [5, 5.41) is 8.33. The zero-order chi connectivity index (χ0) is 12.2. The molecule has 5 heteroatoms. The minimum atomic E-state index is 0.427. The van der Waals surface area contributed by atoms with Gasteiger partial charge in [-0.3, -0.25) is 0 Å². The summed E-state index contributed by atoms with van der Waals surface area (Å²) in [5.74, 6) is 3.06. The number of nitrogens with one attached hydrogen (secondary N) is 1. The molecule has 0 spiro atoms. The lowest BCUT2D eigenvalue weighted by Crippen LogP contribution is -2.28. The Hall–Kier alpha value is -0.550. The van der Waals surface area contributed by atoms with E-state index in [4.69, 9.17) is 4.52 Å². The highest BCUT2D eigenvalue weighted by Gasteiger charge is 2.22. The topological polar surface area (TPSA) is 51.0 Å². The van der Waals surface area contributed by atoms with Crippen LogP contribution in [0.1, 0.15) is 56.2 Å². The van der Waals surface area contributed by atoms with Crippen LogP contribution >= 0.6 is 11.8 Å². The third-order valence-electron chi connectivity index (χ3n) is 3.88. The average Bonchev–Trinajstić information content (AvgIpc) is 3.09. The van der Waals surface area contributed by atoms with Gasteiger partial charge in [-0.2, -0.15) is 16.7 Å². The van der Waals surface area contributed by atoms with Crippen LogP contribution in [0.3, 0.4) is 0 Å². The van der Waals surface area contributed by atoms with Crippen LogP contribution in [0.15, 0.2) is 4.52 Å². The molecule has 1 aliphatic heterocycles. The molecule has 0 radical (unpaired) electrons. The molecule has 0 unspecified atom stereocenters. The van der Waals surface area contributed by atoms with Crippen LogP contribution in [-0.4, -0.2) is 28.5 Å². The Morgan fingerprint density at radius 2 is 2.11 bits per heavy atom. The first-order valence-corrected chi connectivity index (χ1v) is 8.11. The number of thioether (sulfide) groups is 1. The molecule has 1 N–H and O–H groups in total. The van der Waals surface area contributed by atoms with Gasteiger partial charge in [-0.1, -0.05) is 18.0 Å². The van der Waals surface area contributed by atoms with Gasteiger partial charge >= 0.3 is 0 Å². The second-order valence-corrected chi connectivity index (χ2v) is 6.60. The Labute approximate surface area is 112 Å². The largest absolute Gasteiger partial charge is 0.339 e. The summed E-state index contributed by atoms with van der Waals surface area (Å²) in [6.07, 6.45) is 7.89. The SMILES string of the molecule is C1CCC(SCc2noc([C@H]3CCCNC3)n2)C1. The van der Waals surface area contributed by atoms with Gasteiger partial charge in [0.2, 0.25) is 5.89 Å². The number of nitrogens with zero attached hydrogens (tertiary/aromatic N) is 2.